The zero-order valence-corrected chi connectivity index (χ0v) is 17.5. The monoisotopic (exact) mass is 428 g/mol. The van der Waals surface area contributed by atoms with E-state index in [2.05, 4.69) is 5.32 Å². The Morgan fingerprint density at radius 3 is 2.22 bits per heavy atom. The fourth-order valence-corrected chi connectivity index (χ4v) is 4.53. The molecule has 2 aromatic carbocycles. The van der Waals surface area contributed by atoms with Gasteiger partial charge in [-0.15, -0.1) is 0 Å². The Morgan fingerprint density at radius 1 is 1.04 bits per heavy atom. The molecule has 8 heteroatoms. The molecule has 0 aliphatic carbocycles. The number of carbonyl (C=O) groups excluding carboxylic acids is 1. The highest BCUT2D eigenvalue weighted by atomic mass is 35.5. The van der Waals surface area contributed by atoms with Crippen molar-refractivity contribution < 1.29 is 13.2 Å². The van der Waals surface area contributed by atoms with Gasteiger partial charge in [0.25, 0.3) is 0 Å². The van der Waals surface area contributed by atoms with Crippen LogP contribution in [0.4, 0.5) is 0 Å². The Labute approximate surface area is 170 Å². The summed E-state index contributed by atoms with van der Waals surface area (Å²) in [5, 5.41) is 3.77. The van der Waals surface area contributed by atoms with Crippen molar-refractivity contribution in [2.24, 2.45) is 0 Å². The fourth-order valence-electron chi connectivity index (χ4n) is 2.59. The van der Waals surface area contributed by atoms with E-state index < -0.39 is 10.0 Å². The molecule has 0 aliphatic rings. The molecule has 2 rings (SSSR count). The Bertz CT molecular complexity index is 896. The highest BCUT2D eigenvalue weighted by Gasteiger charge is 2.21. The van der Waals surface area contributed by atoms with Crippen molar-refractivity contribution in [1.82, 2.24) is 9.62 Å². The molecule has 0 saturated heterocycles. The van der Waals surface area contributed by atoms with E-state index in [0.29, 0.717) is 35.2 Å². The molecular formula is C19H22Cl2N2O3S. The minimum atomic E-state index is -3.48. The van der Waals surface area contributed by atoms with Gasteiger partial charge in [0.2, 0.25) is 15.9 Å². The third-order valence-electron chi connectivity index (χ3n) is 4.12. The molecule has 146 valence electrons. The van der Waals surface area contributed by atoms with Crippen LogP contribution in [0.2, 0.25) is 10.0 Å². The van der Waals surface area contributed by atoms with Crippen molar-refractivity contribution in [2.45, 2.75) is 31.7 Å². The molecule has 1 N–H and O–H groups in total. The van der Waals surface area contributed by atoms with Gasteiger partial charge in [-0.1, -0.05) is 55.2 Å². The van der Waals surface area contributed by atoms with E-state index in [9.17, 15) is 13.2 Å². The van der Waals surface area contributed by atoms with Crippen LogP contribution in [-0.2, 0) is 27.8 Å². The lowest BCUT2D eigenvalue weighted by atomic mass is 10.1. The lowest BCUT2D eigenvalue weighted by Gasteiger charge is -2.18. The highest BCUT2D eigenvalue weighted by Crippen LogP contribution is 2.21. The first-order chi connectivity index (χ1) is 12.8. The number of hydrogen-bond donors (Lipinski definition) is 1. The number of carbonyl (C=O) groups is 1. The second kappa shape index (κ2) is 9.55. The molecule has 0 unspecified atom stereocenters. The van der Waals surface area contributed by atoms with E-state index in [-0.39, 0.29) is 17.2 Å². The number of nitrogens with one attached hydrogen (secondary N) is 1. The van der Waals surface area contributed by atoms with Crippen LogP contribution in [0.15, 0.2) is 47.4 Å². The van der Waals surface area contributed by atoms with Crippen LogP contribution in [0.1, 0.15) is 25.0 Å². The zero-order chi connectivity index (χ0) is 20.0. The first-order valence-electron chi connectivity index (χ1n) is 8.57. The van der Waals surface area contributed by atoms with Crippen LogP contribution in [0, 0.1) is 0 Å². The molecule has 0 aliphatic heterocycles. The number of halogens is 2. The van der Waals surface area contributed by atoms with Gasteiger partial charge in [0.1, 0.15) is 0 Å². The van der Waals surface area contributed by atoms with Crippen LogP contribution >= 0.6 is 23.2 Å². The highest BCUT2D eigenvalue weighted by molar-refractivity contribution is 7.89. The van der Waals surface area contributed by atoms with Crippen molar-refractivity contribution in [3.8, 4) is 0 Å². The maximum Gasteiger partial charge on any atom is 0.243 e. The van der Waals surface area contributed by atoms with E-state index in [1.54, 1.807) is 56.3 Å². The molecule has 5 nitrogen and oxygen atoms in total. The third-order valence-corrected chi connectivity index (χ3v) is 6.77. The molecule has 0 aromatic heterocycles. The molecular weight excluding hydrogens is 407 g/mol. The van der Waals surface area contributed by atoms with Crippen molar-refractivity contribution in [3.63, 3.8) is 0 Å². The molecule has 1 amide bonds. The van der Waals surface area contributed by atoms with Gasteiger partial charge in [-0.2, -0.15) is 4.31 Å². The average molecular weight is 429 g/mol. The summed E-state index contributed by atoms with van der Waals surface area (Å²) in [7, 11) is -3.48. The summed E-state index contributed by atoms with van der Waals surface area (Å²) in [5.74, 6) is -0.181. The molecule has 0 bridgehead atoms. The Balaban J connectivity index is 1.97. The van der Waals surface area contributed by atoms with Gasteiger partial charge < -0.3 is 5.32 Å². The predicted molar refractivity (Wildman–Crippen MR) is 109 cm³/mol. The third kappa shape index (κ3) is 5.69. The minimum Gasteiger partial charge on any atom is -0.352 e. The number of amides is 1. The van der Waals surface area contributed by atoms with Crippen LogP contribution in [-0.4, -0.2) is 31.7 Å². The Morgan fingerprint density at radius 2 is 1.67 bits per heavy atom. The van der Waals surface area contributed by atoms with Gasteiger partial charge in [0.15, 0.2) is 0 Å². The SMILES string of the molecule is CCN(CC)S(=O)(=O)c1ccc(CNC(=O)Cc2ccc(Cl)cc2Cl)cc1. The van der Waals surface area contributed by atoms with Crippen molar-refractivity contribution in [2.75, 3.05) is 13.1 Å². The van der Waals surface area contributed by atoms with Gasteiger partial charge in [0.05, 0.1) is 11.3 Å². The van der Waals surface area contributed by atoms with E-state index in [1.807, 2.05) is 0 Å². The van der Waals surface area contributed by atoms with E-state index >= 15 is 0 Å². The molecule has 0 saturated carbocycles. The van der Waals surface area contributed by atoms with Crippen molar-refractivity contribution in [1.29, 1.82) is 0 Å². The topological polar surface area (TPSA) is 66.5 Å². The standard InChI is InChI=1S/C19H22Cl2N2O3S/c1-3-23(4-2)27(25,26)17-9-5-14(6-10-17)13-22-19(24)11-15-7-8-16(20)12-18(15)21/h5-10,12H,3-4,11,13H2,1-2H3,(H,22,24). The predicted octanol–water partition coefficient (Wildman–Crippen LogP) is 3.88. The molecule has 0 fully saturated rings. The van der Waals surface area contributed by atoms with Crippen LogP contribution in [0.3, 0.4) is 0 Å². The number of nitrogens with zero attached hydrogens (tertiary/aromatic N) is 1. The molecule has 27 heavy (non-hydrogen) atoms. The first kappa shape index (κ1) is 21.7. The molecule has 0 atom stereocenters. The van der Waals surface area contributed by atoms with Crippen LogP contribution < -0.4 is 5.32 Å². The summed E-state index contributed by atoms with van der Waals surface area (Å²) in [4.78, 5) is 12.4. The summed E-state index contributed by atoms with van der Waals surface area (Å²) in [6.07, 6.45) is 0.143. The van der Waals surface area contributed by atoms with Crippen LogP contribution in [0.5, 0.6) is 0 Å². The van der Waals surface area contributed by atoms with Gasteiger partial charge >= 0.3 is 0 Å². The second-order valence-electron chi connectivity index (χ2n) is 5.92. The molecule has 0 radical (unpaired) electrons. The lowest BCUT2D eigenvalue weighted by Crippen LogP contribution is -2.30. The van der Waals surface area contributed by atoms with Crippen molar-refractivity contribution >= 4 is 39.1 Å². The van der Waals surface area contributed by atoms with E-state index in [1.165, 1.54) is 4.31 Å². The maximum atomic E-state index is 12.5. The number of rotatable bonds is 8. The fraction of sp³-hybridized carbons (Fsp3) is 0.316. The first-order valence-corrected chi connectivity index (χ1v) is 10.8. The van der Waals surface area contributed by atoms with Gasteiger partial charge in [0, 0.05) is 29.7 Å². The smallest absolute Gasteiger partial charge is 0.243 e. The summed E-state index contributed by atoms with van der Waals surface area (Å²) in [5.41, 5.74) is 1.50. The van der Waals surface area contributed by atoms with Crippen LogP contribution in [0.25, 0.3) is 0 Å². The summed E-state index contributed by atoms with van der Waals surface area (Å²) < 4.78 is 26.3. The summed E-state index contributed by atoms with van der Waals surface area (Å²) >= 11 is 11.9. The number of sulfonamides is 1. The quantitative estimate of drug-likeness (QED) is 0.693. The maximum absolute atomic E-state index is 12.5. The number of hydrogen-bond acceptors (Lipinski definition) is 3. The molecule has 0 spiro atoms. The zero-order valence-electron chi connectivity index (χ0n) is 15.2. The van der Waals surface area contributed by atoms with Gasteiger partial charge in [-0.25, -0.2) is 8.42 Å². The normalized spacial score (nSPS) is 11.6. The summed E-state index contributed by atoms with van der Waals surface area (Å²) in [6, 6.07) is 11.5. The Hall–Kier alpha value is -1.60. The molecule has 0 heterocycles. The Kier molecular flexibility index (Phi) is 7.68. The second-order valence-corrected chi connectivity index (χ2v) is 8.70. The number of benzene rings is 2. The molecule has 2 aromatic rings. The van der Waals surface area contributed by atoms with Gasteiger partial charge in [-0.3, -0.25) is 4.79 Å². The average Bonchev–Trinajstić information content (AvgIpc) is 2.63. The minimum absolute atomic E-state index is 0.143. The van der Waals surface area contributed by atoms with E-state index in [4.69, 9.17) is 23.2 Å². The lowest BCUT2D eigenvalue weighted by molar-refractivity contribution is -0.120. The van der Waals surface area contributed by atoms with E-state index in [0.717, 1.165) is 5.56 Å². The summed E-state index contributed by atoms with van der Waals surface area (Å²) in [6.45, 7) is 4.75. The van der Waals surface area contributed by atoms with Gasteiger partial charge in [-0.05, 0) is 35.4 Å². The largest absolute Gasteiger partial charge is 0.352 e. The van der Waals surface area contributed by atoms with Crippen molar-refractivity contribution in [3.05, 3.63) is 63.6 Å².